The molecule has 5 nitrogen and oxygen atoms in total. The molecule has 1 aliphatic heterocycles. The van der Waals surface area contributed by atoms with E-state index < -0.39 is 10.0 Å². The molecule has 1 aromatic rings. The fourth-order valence-electron chi connectivity index (χ4n) is 2.33. The summed E-state index contributed by atoms with van der Waals surface area (Å²) in [6.07, 6.45) is 2.09. The van der Waals surface area contributed by atoms with Crippen LogP contribution < -0.4 is 9.46 Å². The van der Waals surface area contributed by atoms with Crippen LogP contribution in [0.5, 0.6) is 5.75 Å². The molecule has 2 rings (SSSR count). The zero-order chi connectivity index (χ0) is 14.6. The van der Waals surface area contributed by atoms with E-state index in [1.54, 1.807) is 31.4 Å². The van der Waals surface area contributed by atoms with Crippen LogP contribution >= 0.6 is 0 Å². The van der Waals surface area contributed by atoms with E-state index >= 15 is 0 Å². The number of hydrogen-bond acceptors (Lipinski definition) is 4. The highest BCUT2D eigenvalue weighted by Crippen LogP contribution is 2.18. The minimum atomic E-state index is -3.42. The summed E-state index contributed by atoms with van der Waals surface area (Å²) in [5.74, 6) is 1.08. The largest absolute Gasteiger partial charge is 0.497 e. The second-order valence-corrected chi connectivity index (χ2v) is 7.04. The first kappa shape index (κ1) is 15.3. The van der Waals surface area contributed by atoms with Gasteiger partial charge in [-0.05, 0) is 63.2 Å². The zero-order valence-electron chi connectivity index (χ0n) is 12.0. The second-order valence-electron chi connectivity index (χ2n) is 5.27. The summed E-state index contributed by atoms with van der Waals surface area (Å²) in [4.78, 5) is 2.56. The lowest BCUT2D eigenvalue weighted by Gasteiger charge is -2.28. The molecule has 6 heteroatoms. The first-order valence-electron chi connectivity index (χ1n) is 6.83. The number of benzene rings is 1. The van der Waals surface area contributed by atoms with Crippen molar-refractivity contribution in [2.75, 3.05) is 33.8 Å². The Morgan fingerprint density at radius 1 is 1.25 bits per heavy atom. The fourth-order valence-corrected chi connectivity index (χ4v) is 3.45. The van der Waals surface area contributed by atoms with E-state index in [4.69, 9.17) is 4.74 Å². The van der Waals surface area contributed by atoms with Crippen molar-refractivity contribution >= 4 is 10.0 Å². The Labute approximate surface area is 121 Å². The van der Waals surface area contributed by atoms with Crippen LogP contribution in [0.2, 0.25) is 0 Å². The van der Waals surface area contributed by atoms with Crippen molar-refractivity contribution in [2.24, 2.45) is 5.92 Å². The number of nitrogens with one attached hydrogen (secondary N) is 1. The molecule has 0 aliphatic carbocycles. The number of likely N-dealkylation sites (tertiary alicyclic amines) is 1. The molecular formula is C14H22N2O3S. The highest BCUT2D eigenvalue weighted by molar-refractivity contribution is 7.89. The molecule has 0 spiro atoms. The molecule has 0 atom stereocenters. The lowest BCUT2D eigenvalue weighted by molar-refractivity contribution is 0.220. The molecule has 1 aliphatic rings. The Morgan fingerprint density at radius 3 is 2.40 bits per heavy atom. The summed E-state index contributed by atoms with van der Waals surface area (Å²) in [5, 5.41) is 0. The summed E-state index contributed by atoms with van der Waals surface area (Å²) in [5.41, 5.74) is 0. The van der Waals surface area contributed by atoms with Crippen molar-refractivity contribution in [3.63, 3.8) is 0 Å². The molecule has 1 heterocycles. The summed E-state index contributed by atoms with van der Waals surface area (Å²) in [7, 11) is 0.235. The van der Waals surface area contributed by atoms with Crippen molar-refractivity contribution in [1.29, 1.82) is 0 Å². The standard InChI is InChI=1S/C14H22N2O3S/c1-16-9-7-12(8-10-16)11-15-20(17,18)14-5-3-13(19-2)4-6-14/h3-6,12,15H,7-11H2,1-2H3. The van der Waals surface area contributed by atoms with E-state index in [2.05, 4.69) is 16.7 Å². The van der Waals surface area contributed by atoms with Gasteiger partial charge in [0.1, 0.15) is 5.75 Å². The van der Waals surface area contributed by atoms with Gasteiger partial charge in [-0.25, -0.2) is 13.1 Å². The molecule has 1 fully saturated rings. The lowest BCUT2D eigenvalue weighted by atomic mass is 9.98. The van der Waals surface area contributed by atoms with Gasteiger partial charge >= 0.3 is 0 Å². The van der Waals surface area contributed by atoms with E-state index in [9.17, 15) is 8.42 Å². The highest BCUT2D eigenvalue weighted by Gasteiger charge is 2.20. The number of rotatable bonds is 5. The Kier molecular flexibility index (Phi) is 5.01. The average Bonchev–Trinajstić information content (AvgIpc) is 2.47. The SMILES string of the molecule is COc1ccc(S(=O)(=O)NCC2CCN(C)CC2)cc1. The van der Waals surface area contributed by atoms with Crippen LogP contribution in [0.4, 0.5) is 0 Å². The van der Waals surface area contributed by atoms with Crippen LogP contribution in [0.3, 0.4) is 0 Å². The van der Waals surface area contributed by atoms with Crippen LogP contribution in [-0.4, -0.2) is 47.1 Å². The maximum absolute atomic E-state index is 12.2. The van der Waals surface area contributed by atoms with Crippen molar-refractivity contribution in [2.45, 2.75) is 17.7 Å². The van der Waals surface area contributed by atoms with Crippen molar-refractivity contribution in [1.82, 2.24) is 9.62 Å². The van der Waals surface area contributed by atoms with Crippen LogP contribution in [0.15, 0.2) is 29.2 Å². The molecule has 0 radical (unpaired) electrons. The summed E-state index contributed by atoms with van der Waals surface area (Å²) in [6.45, 7) is 2.59. The van der Waals surface area contributed by atoms with E-state index in [-0.39, 0.29) is 4.90 Å². The minimum Gasteiger partial charge on any atom is -0.497 e. The lowest BCUT2D eigenvalue weighted by Crippen LogP contribution is -2.36. The maximum atomic E-state index is 12.2. The molecule has 0 saturated carbocycles. The fraction of sp³-hybridized carbons (Fsp3) is 0.571. The van der Waals surface area contributed by atoms with Gasteiger partial charge in [0, 0.05) is 6.54 Å². The highest BCUT2D eigenvalue weighted by atomic mass is 32.2. The molecule has 0 amide bonds. The van der Waals surface area contributed by atoms with E-state index in [1.165, 1.54) is 0 Å². The molecule has 0 aromatic heterocycles. The molecule has 1 N–H and O–H groups in total. The molecule has 0 bridgehead atoms. The summed E-state index contributed by atoms with van der Waals surface area (Å²) < 4.78 is 32.1. The topological polar surface area (TPSA) is 58.6 Å². The third kappa shape index (κ3) is 3.94. The monoisotopic (exact) mass is 298 g/mol. The Balaban J connectivity index is 1.93. The quantitative estimate of drug-likeness (QED) is 0.890. The Bertz CT molecular complexity index is 520. The van der Waals surface area contributed by atoms with Crippen molar-refractivity contribution < 1.29 is 13.2 Å². The molecule has 20 heavy (non-hydrogen) atoms. The van der Waals surface area contributed by atoms with Gasteiger partial charge in [0.25, 0.3) is 0 Å². The number of methoxy groups -OCH3 is 1. The number of nitrogens with zero attached hydrogens (tertiary/aromatic N) is 1. The van der Waals surface area contributed by atoms with Crippen LogP contribution in [0.25, 0.3) is 0 Å². The van der Waals surface area contributed by atoms with Gasteiger partial charge in [-0.2, -0.15) is 0 Å². The third-order valence-electron chi connectivity index (χ3n) is 3.77. The number of ether oxygens (including phenoxy) is 1. The molecule has 0 unspecified atom stereocenters. The minimum absolute atomic E-state index is 0.284. The first-order valence-corrected chi connectivity index (χ1v) is 8.32. The third-order valence-corrected chi connectivity index (χ3v) is 5.21. The predicted octanol–water partition coefficient (Wildman–Crippen LogP) is 1.32. The second kappa shape index (κ2) is 6.56. The van der Waals surface area contributed by atoms with E-state index in [0.29, 0.717) is 18.2 Å². The van der Waals surface area contributed by atoms with Crippen molar-refractivity contribution in [3.05, 3.63) is 24.3 Å². The molecule has 1 aromatic carbocycles. The van der Waals surface area contributed by atoms with E-state index in [0.717, 1.165) is 25.9 Å². The predicted molar refractivity (Wildman–Crippen MR) is 78.4 cm³/mol. The van der Waals surface area contributed by atoms with Crippen LogP contribution in [-0.2, 0) is 10.0 Å². The summed E-state index contributed by atoms with van der Waals surface area (Å²) >= 11 is 0. The molecule has 1 saturated heterocycles. The Hall–Kier alpha value is -1.11. The first-order chi connectivity index (χ1) is 9.51. The van der Waals surface area contributed by atoms with Gasteiger partial charge in [-0.3, -0.25) is 0 Å². The average molecular weight is 298 g/mol. The van der Waals surface area contributed by atoms with Gasteiger partial charge < -0.3 is 9.64 Å². The Morgan fingerprint density at radius 2 is 1.85 bits per heavy atom. The molecule has 112 valence electrons. The van der Waals surface area contributed by atoms with Crippen molar-refractivity contribution in [3.8, 4) is 5.75 Å². The number of piperidine rings is 1. The number of hydrogen-bond donors (Lipinski definition) is 1. The van der Waals surface area contributed by atoms with Gasteiger partial charge in [-0.15, -0.1) is 0 Å². The van der Waals surface area contributed by atoms with E-state index in [1.807, 2.05) is 0 Å². The van der Waals surface area contributed by atoms with Gasteiger partial charge in [-0.1, -0.05) is 0 Å². The smallest absolute Gasteiger partial charge is 0.240 e. The summed E-state index contributed by atoms with van der Waals surface area (Å²) in [6, 6.07) is 6.44. The van der Waals surface area contributed by atoms with Gasteiger partial charge in [0.05, 0.1) is 12.0 Å². The molecular weight excluding hydrogens is 276 g/mol. The zero-order valence-corrected chi connectivity index (χ0v) is 12.8. The van der Waals surface area contributed by atoms with Gasteiger partial charge in [0.15, 0.2) is 0 Å². The van der Waals surface area contributed by atoms with Gasteiger partial charge in [0.2, 0.25) is 10.0 Å². The van der Waals surface area contributed by atoms with Crippen LogP contribution in [0.1, 0.15) is 12.8 Å². The van der Waals surface area contributed by atoms with Crippen LogP contribution in [0, 0.1) is 5.92 Å². The number of sulfonamides is 1. The normalized spacial score (nSPS) is 18.1. The maximum Gasteiger partial charge on any atom is 0.240 e.